The number of aromatic nitrogens is 8. The molecule has 0 radical (unpaired) electrons. The van der Waals surface area contributed by atoms with Gasteiger partial charge in [0, 0.05) is 28.4 Å². The van der Waals surface area contributed by atoms with Crippen molar-refractivity contribution in [1.82, 2.24) is 39.0 Å². The van der Waals surface area contributed by atoms with Crippen molar-refractivity contribution in [3.05, 3.63) is 134 Å². The molecule has 8 nitrogen and oxygen atoms in total. The van der Waals surface area contributed by atoms with Gasteiger partial charge in [-0.05, 0) is 30.3 Å². The van der Waals surface area contributed by atoms with Gasteiger partial charge in [0.25, 0.3) is 0 Å². The average Bonchev–Trinajstić information content (AvgIpc) is 3.60. The van der Waals surface area contributed by atoms with E-state index in [4.69, 9.17) is 29.9 Å². The molecular weight excluding hydrogens is 544 g/mol. The molecule has 0 saturated carbocycles. The molecule has 0 aliphatic carbocycles. The summed E-state index contributed by atoms with van der Waals surface area (Å²) >= 11 is 0. The van der Waals surface area contributed by atoms with Gasteiger partial charge in [0.15, 0.2) is 22.9 Å². The third-order valence-corrected chi connectivity index (χ3v) is 7.84. The largest absolute Gasteiger partial charge is 0.292 e. The molecular formula is C36H22N8. The molecule has 206 valence electrons. The lowest BCUT2D eigenvalue weighted by atomic mass is 10.2. The molecule has 0 aliphatic rings. The Morgan fingerprint density at radius 2 is 1.00 bits per heavy atom. The highest BCUT2D eigenvalue weighted by Crippen LogP contribution is 2.35. The molecule has 0 bridgehead atoms. The maximum Gasteiger partial charge on any atom is 0.240 e. The SMILES string of the molecule is c1ccc(-c2nc(-c3ccccc3)nc(-n3c4cccnc4c4nc5c6ccccc6n(-c6ccccc6)c5nc43)n2)cc1. The number of fused-ring (bicyclic) bond motifs is 6. The Labute approximate surface area is 251 Å². The van der Waals surface area contributed by atoms with Crippen LogP contribution in [0, 0.1) is 0 Å². The van der Waals surface area contributed by atoms with Crippen LogP contribution in [-0.2, 0) is 0 Å². The van der Waals surface area contributed by atoms with E-state index in [0.717, 1.165) is 49.9 Å². The molecule has 5 heterocycles. The summed E-state index contributed by atoms with van der Waals surface area (Å²) in [6.07, 6.45) is 1.78. The summed E-state index contributed by atoms with van der Waals surface area (Å²) in [5.74, 6) is 1.59. The van der Waals surface area contributed by atoms with Gasteiger partial charge in [0.05, 0.1) is 11.0 Å². The number of pyridine rings is 1. The molecule has 9 rings (SSSR count). The number of para-hydroxylation sites is 2. The minimum absolute atomic E-state index is 0.446. The molecule has 4 aromatic carbocycles. The second kappa shape index (κ2) is 9.64. The van der Waals surface area contributed by atoms with Gasteiger partial charge in [-0.25, -0.2) is 15.0 Å². The highest BCUT2D eigenvalue weighted by molar-refractivity contribution is 6.11. The Hall–Kier alpha value is -6.28. The van der Waals surface area contributed by atoms with Gasteiger partial charge in [0.1, 0.15) is 16.6 Å². The van der Waals surface area contributed by atoms with Crippen LogP contribution in [0.2, 0.25) is 0 Å². The van der Waals surface area contributed by atoms with Crippen molar-refractivity contribution >= 4 is 44.3 Å². The Morgan fingerprint density at radius 3 is 1.70 bits per heavy atom. The molecule has 0 fully saturated rings. The van der Waals surface area contributed by atoms with Gasteiger partial charge in [-0.1, -0.05) is 97.1 Å². The quantitative estimate of drug-likeness (QED) is 0.218. The third-order valence-electron chi connectivity index (χ3n) is 7.84. The summed E-state index contributed by atoms with van der Waals surface area (Å²) in [4.78, 5) is 30.3. The van der Waals surface area contributed by atoms with E-state index < -0.39 is 0 Å². The molecule has 9 aromatic rings. The first kappa shape index (κ1) is 24.3. The summed E-state index contributed by atoms with van der Waals surface area (Å²) in [7, 11) is 0. The first-order valence-electron chi connectivity index (χ1n) is 14.3. The van der Waals surface area contributed by atoms with Crippen LogP contribution in [0.5, 0.6) is 0 Å². The predicted molar refractivity (Wildman–Crippen MR) is 173 cm³/mol. The van der Waals surface area contributed by atoms with Gasteiger partial charge in [0.2, 0.25) is 5.95 Å². The van der Waals surface area contributed by atoms with Crippen molar-refractivity contribution in [1.29, 1.82) is 0 Å². The van der Waals surface area contributed by atoms with Crippen molar-refractivity contribution in [2.75, 3.05) is 0 Å². The summed E-state index contributed by atoms with van der Waals surface area (Å²) < 4.78 is 4.11. The topological polar surface area (TPSA) is 87.2 Å². The van der Waals surface area contributed by atoms with Crippen LogP contribution in [0.25, 0.3) is 78.7 Å². The molecule has 44 heavy (non-hydrogen) atoms. The van der Waals surface area contributed by atoms with E-state index >= 15 is 0 Å². The molecule has 0 amide bonds. The minimum atomic E-state index is 0.446. The van der Waals surface area contributed by atoms with Crippen LogP contribution >= 0.6 is 0 Å². The molecule has 0 saturated heterocycles. The number of rotatable bonds is 4. The fourth-order valence-electron chi connectivity index (χ4n) is 5.86. The highest BCUT2D eigenvalue weighted by atomic mass is 15.2. The molecule has 8 heteroatoms. The second-order valence-electron chi connectivity index (χ2n) is 10.5. The van der Waals surface area contributed by atoms with Crippen LogP contribution in [-0.4, -0.2) is 39.0 Å². The van der Waals surface area contributed by atoms with E-state index in [0.29, 0.717) is 28.8 Å². The van der Waals surface area contributed by atoms with E-state index in [1.807, 2.05) is 108 Å². The van der Waals surface area contributed by atoms with Crippen LogP contribution in [0.1, 0.15) is 0 Å². The van der Waals surface area contributed by atoms with Gasteiger partial charge in [-0.3, -0.25) is 14.1 Å². The van der Waals surface area contributed by atoms with E-state index in [-0.39, 0.29) is 0 Å². The van der Waals surface area contributed by atoms with Crippen molar-refractivity contribution in [2.45, 2.75) is 0 Å². The standard InChI is InChI=1S/C36H22N8/c1-4-13-23(14-5-1)32-39-33(24-15-6-2-7-16-24)41-36(40-32)44-28-21-12-22-37-30(28)31-35(44)42-34-29(38-31)26-19-10-11-20-27(26)43(34)25-17-8-3-9-18-25/h1-22H. The lowest BCUT2D eigenvalue weighted by Gasteiger charge is -2.10. The lowest BCUT2D eigenvalue weighted by Crippen LogP contribution is -2.07. The molecule has 0 spiro atoms. The Morgan fingerprint density at radius 1 is 0.409 bits per heavy atom. The maximum atomic E-state index is 5.33. The summed E-state index contributed by atoms with van der Waals surface area (Å²) in [6.45, 7) is 0. The molecule has 0 atom stereocenters. The van der Waals surface area contributed by atoms with Crippen molar-refractivity contribution < 1.29 is 0 Å². The summed E-state index contributed by atoms with van der Waals surface area (Å²) in [6, 6.07) is 42.3. The van der Waals surface area contributed by atoms with Crippen LogP contribution in [0.15, 0.2) is 134 Å². The minimum Gasteiger partial charge on any atom is -0.292 e. The average molecular weight is 567 g/mol. The number of hydrogen-bond donors (Lipinski definition) is 0. The lowest BCUT2D eigenvalue weighted by molar-refractivity contribution is 0.943. The first-order valence-corrected chi connectivity index (χ1v) is 14.3. The van der Waals surface area contributed by atoms with Gasteiger partial charge in [-0.15, -0.1) is 0 Å². The highest BCUT2D eigenvalue weighted by Gasteiger charge is 2.23. The Balaban J connectivity index is 1.41. The fourth-order valence-corrected chi connectivity index (χ4v) is 5.86. The molecule has 0 unspecified atom stereocenters. The third kappa shape index (κ3) is 3.71. The van der Waals surface area contributed by atoms with Crippen molar-refractivity contribution in [2.24, 2.45) is 0 Å². The van der Waals surface area contributed by atoms with Crippen LogP contribution in [0.3, 0.4) is 0 Å². The van der Waals surface area contributed by atoms with E-state index in [1.165, 1.54) is 0 Å². The zero-order chi connectivity index (χ0) is 29.0. The Kier molecular flexibility index (Phi) is 5.33. The van der Waals surface area contributed by atoms with Crippen LogP contribution in [0.4, 0.5) is 0 Å². The van der Waals surface area contributed by atoms with Crippen molar-refractivity contribution in [3.8, 4) is 34.4 Å². The van der Waals surface area contributed by atoms with Gasteiger partial charge >= 0.3 is 0 Å². The van der Waals surface area contributed by atoms with Crippen molar-refractivity contribution in [3.63, 3.8) is 0 Å². The van der Waals surface area contributed by atoms with Gasteiger partial charge in [-0.2, -0.15) is 9.97 Å². The Bertz CT molecular complexity index is 2430. The second-order valence-corrected chi connectivity index (χ2v) is 10.5. The monoisotopic (exact) mass is 566 g/mol. The first-order chi connectivity index (χ1) is 21.8. The van der Waals surface area contributed by atoms with Crippen LogP contribution < -0.4 is 0 Å². The molecule has 0 N–H and O–H groups in total. The van der Waals surface area contributed by atoms with Gasteiger partial charge < -0.3 is 0 Å². The summed E-state index contributed by atoms with van der Waals surface area (Å²) in [5.41, 5.74) is 8.24. The maximum absolute atomic E-state index is 5.33. The zero-order valence-electron chi connectivity index (χ0n) is 23.3. The zero-order valence-corrected chi connectivity index (χ0v) is 23.3. The number of benzene rings is 4. The number of nitrogens with zero attached hydrogens (tertiary/aromatic N) is 8. The van der Waals surface area contributed by atoms with E-state index in [2.05, 4.69) is 28.8 Å². The molecule has 5 aromatic heterocycles. The molecule has 0 aliphatic heterocycles. The normalized spacial score (nSPS) is 11.6. The van der Waals surface area contributed by atoms with E-state index in [9.17, 15) is 0 Å². The smallest absolute Gasteiger partial charge is 0.240 e. The number of hydrogen-bond acceptors (Lipinski definition) is 6. The van der Waals surface area contributed by atoms with E-state index in [1.54, 1.807) is 6.20 Å². The predicted octanol–water partition coefficient (Wildman–Crippen LogP) is 7.58. The summed E-state index contributed by atoms with van der Waals surface area (Å²) in [5, 5.41) is 1.02. The fraction of sp³-hybridized carbons (Fsp3) is 0.